The second-order valence-electron chi connectivity index (χ2n) is 4.45. The van der Waals surface area contributed by atoms with Gasteiger partial charge >= 0.3 is 0 Å². The quantitative estimate of drug-likeness (QED) is 0.742. The Bertz CT molecular complexity index is 880. The zero-order valence-corrected chi connectivity index (χ0v) is 12.3. The molecule has 1 aromatic carbocycles. The Morgan fingerprint density at radius 1 is 1.35 bits per heavy atom. The lowest BCUT2D eigenvalue weighted by Gasteiger charge is -1.96. The lowest BCUT2D eigenvalue weighted by molar-refractivity contribution is 0.593. The Morgan fingerprint density at radius 3 is 2.85 bits per heavy atom. The lowest BCUT2D eigenvalue weighted by atomic mass is 10.3. The van der Waals surface area contributed by atoms with Crippen LogP contribution in [0.2, 0.25) is 0 Å². The topological polar surface area (TPSA) is 90.9 Å². The van der Waals surface area contributed by atoms with Crippen LogP contribution in [0.5, 0.6) is 0 Å². The summed E-state index contributed by atoms with van der Waals surface area (Å²) in [5.41, 5.74) is 7.43. The predicted molar refractivity (Wildman–Crippen MR) is 78.1 cm³/mol. The highest BCUT2D eigenvalue weighted by Crippen LogP contribution is 2.28. The lowest BCUT2D eigenvalue weighted by Crippen LogP contribution is -2.05. The minimum atomic E-state index is -3.48. The van der Waals surface area contributed by atoms with Gasteiger partial charge in [-0.25, -0.2) is 13.4 Å². The summed E-state index contributed by atoms with van der Waals surface area (Å²) in [5.74, 6) is -0.150. The molecule has 20 heavy (non-hydrogen) atoms. The van der Waals surface area contributed by atoms with Gasteiger partial charge in [0.15, 0.2) is 0 Å². The summed E-state index contributed by atoms with van der Waals surface area (Å²) in [7, 11) is -1.74. The van der Waals surface area contributed by atoms with Gasteiger partial charge in [0, 0.05) is 18.9 Å². The van der Waals surface area contributed by atoms with Crippen molar-refractivity contribution < 1.29 is 8.42 Å². The fourth-order valence-corrected chi connectivity index (χ4v) is 4.45. The van der Waals surface area contributed by atoms with Gasteiger partial charge in [-0.1, -0.05) is 0 Å². The van der Waals surface area contributed by atoms with Gasteiger partial charge in [-0.2, -0.15) is 5.10 Å². The van der Waals surface area contributed by atoms with E-state index in [1.807, 2.05) is 0 Å². The summed E-state index contributed by atoms with van der Waals surface area (Å²) < 4.78 is 27.1. The molecule has 3 aromatic rings. The van der Waals surface area contributed by atoms with Crippen LogP contribution >= 0.6 is 11.3 Å². The number of benzene rings is 1. The van der Waals surface area contributed by atoms with Gasteiger partial charge in [-0.05, 0) is 24.3 Å². The van der Waals surface area contributed by atoms with Gasteiger partial charge in [0.1, 0.15) is 5.75 Å². The summed E-state index contributed by atoms with van der Waals surface area (Å²) >= 11 is 1.13. The molecule has 104 valence electrons. The summed E-state index contributed by atoms with van der Waals surface area (Å²) in [6.45, 7) is 0. The van der Waals surface area contributed by atoms with E-state index in [1.165, 1.54) is 0 Å². The van der Waals surface area contributed by atoms with Crippen LogP contribution in [0.15, 0.2) is 34.8 Å². The number of nitrogen functional groups attached to an aromatic ring is 1. The molecule has 0 fully saturated rings. The van der Waals surface area contributed by atoms with Crippen molar-refractivity contribution in [3.05, 3.63) is 36.2 Å². The maximum absolute atomic E-state index is 12.3. The average molecular weight is 308 g/mol. The fourth-order valence-electron chi connectivity index (χ4n) is 1.85. The van der Waals surface area contributed by atoms with Crippen molar-refractivity contribution in [3.63, 3.8) is 0 Å². The van der Waals surface area contributed by atoms with Crippen LogP contribution in [0.1, 0.15) is 5.69 Å². The molecule has 0 saturated heterocycles. The molecule has 8 heteroatoms. The van der Waals surface area contributed by atoms with Gasteiger partial charge < -0.3 is 5.73 Å². The normalized spacial score (nSPS) is 12.1. The van der Waals surface area contributed by atoms with Crippen LogP contribution in [0.4, 0.5) is 5.69 Å². The van der Waals surface area contributed by atoms with E-state index in [0.29, 0.717) is 16.9 Å². The summed E-state index contributed by atoms with van der Waals surface area (Å²) in [6.07, 6.45) is 1.71. The van der Waals surface area contributed by atoms with Crippen molar-refractivity contribution in [2.75, 3.05) is 5.73 Å². The van der Waals surface area contributed by atoms with Crippen molar-refractivity contribution in [1.82, 2.24) is 14.8 Å². The third-order valence-electron chi connectivity index (χ3n) is 2.77. The zero-order valence-electron chi connectivity index (χ0n) is 10.6. The van der Waals surface area contributed by atoms with E-state index >= 15 is 0 Å². The second-order valence-corrected chi connectivity index (χ2v) is 7.64. The standard InChI is InChI=1S/C12H12N4O2S2/c1-16-5-4-9(15-16)7-20(17,18)12-14-10-3-2-8(13)6-11(10)19-12/h2-6H,7,13H2,1H3. The number of nitrogens with two attached hydrogens (primary N) is 1. The van der Waals surface area contributed by atoms with E-state index in [2.05, 4.69) is 10.1 Å². The van der Waals surface area contributed by atoms with Crippen LogP contribution in [0.25, 0.3) is 10.2 Å². The molecule has 6 nitrogen and oxygen atoms in total. The van der Waals surface area contributed by atoms with Crippen molar-refractivity contribution >= 4 is 37.1 Å². The maximum Gasteiger partial charge on any atom is 0.211 e. The van der Waals surface area contributed by atoms with E-state index in [0.717, 1.165) is 16.0 Å². The van der Waals surface area contributed by atoms with Crippen molar-refractivity contribution in [2.45, 2.75) is 10.1 Å². The van der Waals surface area contributed by atoms with Crippen molar-refractivity contribution in [1.29, 1.82) is 0 Å². The number of anilines is 1. The molecular formula is C12H12N4O2S2. The molecule has 0 aliphatic heterocycles. The highest BCUT2D eigenvalue weighted by atomic mass is 32.2. The molecule has 0 aliphatic rings. The Kier molecular flexibility index (Phi) is 2.98. The molecule has 0 saturated carbocycles. The van der Waals surface area contributed by atoms with Crippen LogP contribution in [-0.2, 0) is 22.6 Å². The Morgan fingerprint density at radius 2 is 2.15 bits per heavy atom. The summed E-state index contributed by atoms with van der Waals surface area (Å²) in [5, 5.41) is 4.08. The van der Waals surface area contributed by atoms with Crippen molar-refractivity contribution in [2.24, 2.45) is 7.05 Å². The number of nitrogens with zero attached hydrogens (tertiary/aromatic N) is 3. The molecule has 0 radical (unpaired) electrons. The number of aryl methyl sites for hydroxylation is 1. The highest BCUT2D eigenvalue weighted by molar-refractivity contribution is 7.92. The zero-order chi connectivity index (χ0) is 14.3. The Hall–Kier alpha value is -1.93. The molecule has 2 N–H and O–H groups in total. The molecule has 3 rings (SSSR count). The smallest absolute Gasteiger partial charge is 0.211 e. The third kappa shape index (κ3) is 2.39. The Labute approximate surface area is 119 Å². The molecule has 0 bridgehead atoms. The van der Waals surface area contributed by atoms with E-state index in [4.69, 9.17) is 5.73 Å². The van der Waals surface area contributed by atoms with E-state index in [9.17, 15) is 8.42 Å². The number of hydrogen-bond acceptors (Lipinski definition) is 6. The number of fused-ring (bicyclic) bond motifs is 1. The summed E-state index contributed by atoms with van der Waals surface area (Å²) in [6, 6.07) is 6.84. The first-order chi connectivity index (χ1) is 9.44. The van der Waals surface area contributed by atoms with E-state index in [-0.39, 0.29) is 10.1 Å². The van der Waals surface area contributed by atoms with Crippen LogP contribution < -0.4 is 5.73 Å². The molecule has 2 heterocycles. The first kappa shape index (κ1) is 13.1. The monoisotopic (exact) mass is 308 g/mol. The molecule has 2 aromatic heterocycles. The first-order valence-electron chi connectivity index (χ1n) is 5.81. The molecule has 0 atom stereocenters. The highest BCUT2D eigenvalue weighted by Gasteiger charge is 2.21. The number of aromatic nitrogens is 3. The average Bonchev–Trinajstić information content (AvgIpc) is 2.95. The van der Waals surface area contributed by atoms with Gasteiger partial charge in [0.25, 0.3) is 0 Å². The van der Waals surface area contributed by atoms with Gasteiger partial charge in [-0.15, -0.1) is 11.3 Å². The molecule has 0 unspecified atom stereocenters. The number of sulfone groups is 1. The minimum absolute atomic E-state index is 0.101. The molecular weight excluding hydrogens is 296 g/mol. The van der Waals surface area contributed by atoms with E-state index in [1.54, 1.807) is 42.2 Å². The van der Waals surface area contributed by atoms with Crippen molar-refractivity contribution in [3.8, 4) is 0 Å². The Balaban J connectivity index is 2.00. The maximum atomic E-state index is 12.3. The molecule has 0 aliphatic carbocycles. The van der Waals surface area contributed by atoms with E-state index < -0.39 is 9.84 Å². The first-order valence-corrected chi connectivity index (χ1v) is 8.28. The molecule has 0 spiro atoms. The van der Waals surface area contributed by atoms with Crippen LogP contribution in [-0.4, -0.2) is 23.2 Å². The van der Waals surface area contributed by atoms with Gasteiger partial charge in [-0.3, -0.25) is 4.68 Å². The fraction of sp³-hybridized carbons (Fsp3) is 0.167. The number of rotatable bonds is 3. The van der Waals surface area contributed by atoms with Crippen LogP contribution in [0, 0.1) is 0 Å². The SMILES string of the molecule is Cn1ccc(CS(=O)(=O)c2nc3ccc(N)cc3s2)n1. The third-order valence-corrected chi connectivity index (χ3v) is 5.89. The predicted octanol–water partition coefficient (Wildman–Crippen LogP) is 1.59. The van der Waals surface area contributed by atoms with Crippen LogP contribution in [0.3, 0.4) is 0 Å². The van der Waals surface area contributed by atoms with Gasteiger partial charge in [0.05, 0.1) is 15.9 Å². The molecule has 0 amide bonds. The number of hydrogen-bond donors (Lipinski definition) is 1. The van der Waals surface area contributed by atoms with Gasteiger partial charge in [0.2, 0.25) is 14.2 Å². The second kappa shape index (κ2) is 4.57. The minimum Gasteiger partial charge on any atom is -0.399 e. The largest absolute Gasteiger partial charge is 0.399 e. The number of thiazole rings is 1. The summed E-state index contributed by atoms with van der Waals surface area (Å²) in [4.78, 5) is 4.17.